The Morgan fingerprint density at radius 3 is 2.13 bits per heavy atom. The third-order valence-corrected chi connectivity index (χ3v) is 12.9. The van der Waals surface area contributed by atoms with Crippen LogP contribution in [-0.2, 0) is 23.4 Å². The molecule has 2 heterocycles. The lowest BCUT2D eigenvalue weighted by atomic mass is 10.0. The maximum absolute atomic E-state index is 11.1. The molecule has 0 saturated carbocycles. The highest BCUT2D eigenvalue weighted by Crippen LogP contribution is 2.38. The van der Waals surface area contributed by atoms with Crippen molar-refractivity contribution in [3.05, 3.63) is 72.8 Å². The summed E-state index contributed by atoms with van der Waals surface area (Å²) in [6, 6.07) is 21.4. The van der Waals surface area contributed by atoms with Gasteiger partial charge in [0.2, 0.25) is 0 Å². The third-order valence-electron chi connectivity index (χ3n) is 7.92. The molecule has 0 spiro atoms. The molecule has 2 aromatic carbocycles. The molecule has 4 rings (SSSR count). The van der Waals surface area contributed by atoms with E-state index in [0.29, 0.717) is 25.4 Å². The van der Waals surface area contributed by atoms with Gasteiger partial charge in [-0.2, -0.15) is 0 Å². The highest BCUT2D eigenvalue weighted by molar-refractivity contribution is 6.99. The topological polar surface area (TPSA) is 74.2 Å². The zero-order valence-corrected chi connectivity index (χ0v) is 24.9. The maximum atomic E-state index is 11.1. The van der Waals surface area contributed by atoms with E-state index >= 15 is 0 Å². The van der Waals surface area contributed by atoms with Gasteiger partial charge < -0.3 is 23.7 Å². The number of benzene rings is 2. The van der Waals surface area contributed by atoms with E-state index in [1.54, 1.807) is 0 Å². The Morgan fingerprint density at radius 1 is 0.974 bits per heavy atom. The van der Waals surface area contributed by atoms with E-state index < -0.39 is 14.4 Å². The lowest BCUT2D eigenvalue weighted by molar-refractivity contribution is -0.144. The zero-order chi connectivity index (χ0) is 28.0. The normalized spacial score (nSPS) is 27.7. The quantitative estimate of drug-likeness (QED) is 0.268. The number of hydrogen-bond acceptors (Lipinski definition) is 6. The fourth-order valence-corrected chi connectivity index (χ4v) is 10.6. The zero-order valence-electron chi connectivity index (χ0n) is 23.9. The molecule has 0 bridgehead atoms. The second-order valence-corrected chi connectivity index (χ2v) is 16.3. The van der Waals surface area contributed by atoms with Crippen LogP contribution in [0.15, 0.2) is 72.8 Å². The van der Waals surface area contributed by atoms with Crippen LogP contribution in [0.3, 0.4) is 0 Å². The van der Waals surface area contributed by atoms with E-state index in [0.717, 1.165) is 6.42 Å². The second-order valence-electron chi connectivity index (χ2n) is 12.0. The van der Waals surface area contributed by atoms with Gasteiger partial charge in [0.05, 0.1) is 37.1 Å². The summed E-state index contributed by atoms with van der Waals surface area (Å²) in [7, 11) is -2.61. The van der Waals surface area contributed by atoms with Crippen molar-refractivity contribution in [2.45, 2.75) is 89.4 Å². The van der Waals surface area contributed by atoms with Gasteiger partial charge in [0.15, 0.2) is 0 Å². The Kier molecular flexibility index (Phi) is 9.83. The summed E-state index contributed by atoms with van der Waals surface area (Å²) in [6.07, 6.45) is 5.03. The van der Waals surface area contributed by atoms with E-state index in [1.165, 1.54) is 17.3 Å². The van der Waals surface area contributed by atoms with Crippen LogP contribution in [0.2, 0.25) is 5.04 Å². The molecule has 2 fully saturated rings. The van der Waals surface area contributed by atoms with Crippen LogP contribution in [0.5, 0.6) is 0 Å². The Bertz CT molecular complexity index is 1040. The van der Waals surface area contributed by atoms with Crippen molar-refractivity contribution in [3.63, 3.8) is 0 Å². The predicted octanol–water partition coefficient (Wildman–Crippen LogP) is 4.38. The molecule has 0 radical (unpaired) electrons. The van der Waals surface area contributed by atoms with Crippen molar-refractivity contribution in [1.82, 2.24) is 0 Å². The van der Waals surface area contributed by atoms with Crippen LogP contribution in [0, 0.1) is 5.92 Å². The molecule has 39 heavy (non-hydrogen) atoms. The minimum Gasteiger partial charge on any atom is -0.463 e. The van der Waals surface area contributed by atoms with Gasteiger partial charge >= 0.3 is 5.97 Å². The van der Waals surface area contributed by atoms with Crippen molar-refractivity contribution >= 4 is 24.7 Å². The van der Waals surface area contributed by atoms with Gasteiger partial charge in [-0.15, -0.1) is 0 Å². The van der Waals surface area contributed by atoms with E-state index in [1.807, 2.05) is 0 Å². The molecule has 2 aromatic rings. The monoisotopic (exact) mass is 552 g/mol. The number of aliphatic hydroxyl groups is 1. The van der Waals surface area contributed by atoms with E-state index in [-0.39, 0.29) is 42.0 Å². The molecule has 0 amide bonds. The Morgan fingerprint density at radius 2 is 1.56 bits per heavy atom. The summed E-state index contributed by atoms with van der Waals surface area (Å²) in [5, 5.41) is 12.8. The number of ether oxygens (including phenoxy) is 3. The summed E-state index contributed by atoms with van der Waals surface area (Å²) >= 11 is 0. The van der Waals surface area contributed by atoms with E-state index in [9.17, 15) is 9.90 Å². The molecule has 212 valence electrons. The van der Waals surface area contributed by atoms with Crippen LogP contribution < -0.4 is 10.4 Å². The Labute approximate surface area is 234 Å². The molecule has 0 aliphatic carbocycles. The molecular weight excluding hydrogens is 508 g/mol. The number of rotatable bonds is 10. The molecule has 1 N–H and O–H groups in total. The first kappa shape index (κ1) is 29.7. The van der Waals surface area contributed by atoms with Gasteiger partial charge in [-0.1, -0.05) is 101 Å². The van der Waals surface area contributed by atoms with Gasteiger partial charge in [0, 0.05) is 13.3 Å². The highest BCUT2D eigenvalue weighted by atomic mass is 28.4. The summed E-state index contributed by atoms with van der Waals surface area (Å²) in [5.74, 6) is 0.0254. The van der Waals surface area contributed by atoms with Crippen LogP contribution in [0.4, 0.5) is 0 Å². The average molecular weight is 553 g/mol. The minimum absolute atomic E-state index is 0.00635. The number of aliphatic hydroxyl groups excluding tert-OH is 1. The van der Waals surface area contributed by atoms with Gasteiger partial charge in [0.25, 0.3) is 8.32 Å². The summed E-state index contributed by atoms with van der Waals surface area (Å²) < 4.78 is 24.5. The first-order chi connectivity index (χ1) is 18.6. The molecule has 0 aromatic heterocycles. The summed E-state index contributed by atoms with van der Waals surface area (Å²) in [5.41, 5.74) is 0. The molecule has 2 aliphatic rings. The van der Waals surface area contributed by atoms with E-state index in [4.69, 9.17) is 18.6 Å². The average Bonchev–Trinajstić information content (AvgIpc) is 3.44. The van der Waals surface area contributed by atoms with Gasteiger partial charge in [-0.3, -0.25) is 4.79 Å². The molecule has 6 atom stereocenters. The van der Waals surface area contributed by atoms with Crippen LogP contribution in [-0.4, -0.2) is 63.1 Å². The Balaban J connectivity index is 1.40. The number of esters is 1. The van der Waals surface area contributed by atoms with Crippen molar-refractivity contribution in [2.24, 2.45) is 5.92 Å². The fraction of sp³-hybridized carbons (Fsp3) is 0.531. The maximum Gasteiger partial charge on any atom is 0.302 e. The third kappa shape index (κ3) is 7.08. The SMILES string of the molecule is CC(=O)OC[C@@H]1C[C@@H](O)[C@@H](C/C=C/[C@@H]2O[C@@H](CO[Si](c3ccccc3)(c3ccccc3)C(C)(C)C)C[C@@H]2C)O1. The van der Waals surface area contributed by atoms with Crippen molar-refractivity contribution in [3.8, 4) is 0 Å². The largest absolute Gasteiger partial charge is 0.463 e. The number of carbonyl (C=O) groups is 1. The first-order valence-corrected chi connectivity index (χ1v) is 16.0. The van der Waals surface area contributed by atoms with Crippen molar-refractivity contribution < 1.29 is 28.5 Å². The van der Waals surface area contributed by atoms with Gasteiger partial charge in [-0.05, 0) is 34.2 Å². The molecule has 7 heteroatoms. The minimum atomic E-state index is -2.61. The lowest BCUT2D eigenvalue weighted by Gasteiger charge is -2.43. The van der Waals surface area contributed by atoms with Crippen LogP contribution in [0.1, 0.15) is 53.9 Å². The Hall–Kier alpha value is -2.29. The fourth-order valence-electron chi connectivity index (χ4n) is 5.97. The van der Waals surface area contributed by atoms with Crippen molar-refractivity contribution in [1.29, 1.82) is 0 Å². The lowest BCUT2D eigenvalue weighted by Crippen LogP contribution is -2.67. The van der Waals surface area contributed by atoms with E-state index in [2.05, 4.69) is 101 Å². The molecular formula is C32H44O6Si. The number of hydrogen-bond donors (Lipinski definition) is 1. The molecule has 2 aliphatic heterocycles. The van der Waals surface area contributed by atoms with Gasteiger partial charge in [0.1, 0.15) is 6.61 Å². The van der Waals surface area contributed by atoms with Crippen LogP contribution in [0.25, 0.3) is 0 Å². The highest BCUT2D eigenvalue weighted by Gasteiger charge is 2.50. The molecule has 0 unspecified atom stereocenters. The summed E-state index contributed by atoms with van der Waals surface area (Å²) in [4.78, 5) is 11.1. The predicted molar refractivity (Wildman–Crippen MR) is 156 cm³/mol. The smallest absolute Gasteiger partial charge is 0.302 e. The standard InChI is InChI=1S/C32H44O6Si/c1-23-19-25(37-30(23)17-12-18-31-29(34)20-26(38-31)21-35-24(2)33)22-36-39(32(3,4)5,27-13-8-6-9-14-27)28-15-10-7-11-16-28/h6-17,23,25-26,29-31,34H,18-22H2,1-5H3/b17-12+/t23-,25+,26-,29+,30-,31+/m0/s1. The first-order valence-electron chi connectivity index (χ1n) is 14.1. The van der Waals surface area contributed by atoms with Gasteiger partial charge in [-0.25, -0.2) is 0 Å². The molecule has 2 saturated heterocycles. The summed E-state index contributed by atoms with van der Waals surface area (Å²) in [6.45, 7) is 11.2. The second kappa shape index (κ2) is 12.9. The molecule has 6 nitrogen and oxygen atoms in total. The number of carbonyl (C=O) groups excluding carboxylic acids is 1. The van der Waals surface area contributed by atoms with Crippen LogP contribution >= 0.6 is 0 Å². The van der Waals surface area contributed by atoms with Crippen molar-refractivity contribution in [2.75, 3.05) is 13.2 Å².